The van der Waals surface area contributed by atoms with E-state index < -0.39 is 0 Å². The molecule has 0 unspecified atom stereocenters. The van der Waals surface area contributed by atoms with E-state index in [0.29, 0.717) is 13.2 Å². The number of fused-ring (bicyclic) bond motifs is 1. The Kier molecular flexibility index (Phi) is 6.84. The van der Waals surface area contributed by atoms with Gasteiger partial charge in [-0.05, 0) is 6.42 Å². The molecule has 0 radical (unpaired) electrons. The minimum absolute atomic E-state index is 0.615. The monoisotopic (exact) mass is 366 g/mol. The van der Waals surface area contributed by atoms with Gasteiger partial charge in [0.1, 0.15) is 5.75 Å². The lowest BCUT2D eigenvalue weighted by atomic mass is 10.1. The summed E-state index contributed by atoms with van der Waals surface area (Å²) < 4.78 is 17.4. The summed E-state index contributed by atoms with van der Waals surface area (Å²) in [5, 5.41) is 2.87. The van der Waals surface area contributed by atoms with E-state index in [9.17, 15) is 0 Å². The Morgan fingerprint density at radius 2 is 1.73 bits per heavy atom. The van der Waals surface area contributed by atoms with Crippen LogP contribution in [0.3, 0.4) is 0 Å². The van der Waals surface area contributed by atoms with E-state index in [1.54, 1.807) is 7.11 Å². The normalized spacial score (nSPS) is 10.7. The first-order valence-corrected chi connectivity index (χ1v) is 8.85. The van der Waals surface area contributed by atoms with Crippen molar-refractivity contribution in [3.05, 3.63) is 30.3 Å². The molecule has 0 saturated carbocycles. The summed E-state index contributed by atoms with van der Waals surface area (Å²) in [6.45, 7) is 3.51. The summed E-state index contributed by atoms with van der Waals surface area (Å²) in [6, 6.07) is 10.0. The van der Waals surface area contributed by atoms with Gasteiger partial charge in [-0.3, -0.25) is 0 Å². The van der Waals surface area contributed by atoms with Crippen molar-refractivity contribution in [3.8, 4) is 17.2 Å². The van der Waals surface area contributed by atoms with Crippen LogP contribution in [-0.4, -0.2) is 25.7 Å². The number of rotatable bonds is 9. The quantitative estimate of drug-likeness (QED) is 0.451. The van der Waals surface area contributed by atoms with Gasteiger partial charge >= 0.3 is 0 Å². The van der Waals surface area contributed by atoms with Gasteiger partial charge in [0.15, 0.2) is 11.5 Å². The van der Waals surface area contributed by atoms with Gasteiger partial charge in [-0.2, -0.15) is 0 Å². The first kappa shape index (κ1) is 16.9. The summed E-state index contributed by atoms with van der Waals surface area (Å²) >= 11 is 3.39. The number of alkyl halides is 1. The topological polar surface area (TPSA) is 27.7 Å². The standard InChI is InChI=1S/C18H23BrO3/c1-3-4-7-11-22-18-15-9-6-5-8-14(15)16(21-12-10-19)13-17(18)20-2/h5-6,8-9,13H,3-4,7,10-12H2,1-2H3. The Labute approximate surface area is 140 Å². The number of benzene rings is 2. The molecular formula is C18H23BrO3. The number of hydrogen-bond acceptors (Lipinski definition) is 3. The molecule has 2 rings (SSSR count). The summed E-state index contributed by atoms with van der Waals surface area (Å²) in [6.07, 6.45) is 3.41. The van der Waals surface area contributed by atoms with Crippen molar-refractivity contribution in [2.75, 3.05) is 25.7 Å². The minimum atomic E-state index is 0.615. The van der Waals surface area contributed by atoms with Crippen molar-refractivity contribution in [1.29, 1.82) is 0 Å². The van der Waals surface area contributed by atoms with E-state index in [-0.39, 0.29) is 0 Å². The molecule has 0 fully saturated rings. The van der Waals surface area contributed by atoms with Crippen molar-refractivity contribution >= 4 is 26.7 Å². The highest BCUT2D eigenvalue weighted by molar-refractivity contribution is 9.09. The summed E-state index contributed by atoms with van der Waals surface area (Å²) in [7, 11) is 1.66. The van der Waals surface area contributed by atoms with Gasteiger partial charge in [0.2, 0.25) is 0 Å². The Bertz CT molecular complexity index is 598. The molecular weight excluding hydrogens is 344 g/mol. The molecule has 3 nitrogen and oxygen atoms in total. The van der Waals surface area contributed by atoms with Crippen LogP contribution in [0.4, 0.5) is 0 Å². The fourth-order valence-corrected chi connectivity index (χ4v) is 2.55. The number of hydrogen-bond donors (Lipinski definition) is 0. The van der Waals surface area contributed by atoms with Crippen LogP contribution in [0.5, 0.6) is 17.2 Å². The molecule has 0 aromatic heterocycles. The van der Waals surface area contributed by atoms with Gasteiger partial charge in [0.25, 0.3) is 0 Å². The van der Waals surface area contributed by atoms with Crippen molar-refractivity contribution in [2.24, 2.45) is 0 Å². The molecule has 0 saturated heterocycles. The molecule has 0 aliphatic rings. The Morgan fingerprint density at radius 3 is 2.41 bits per heavy atom. The fourth-order valence-electron chi connectivity index (χ4n) is 2.39. The maximum atomic E-state index is 6.01. The van der Waals surface area contributed by atoms with Crippen LogP contribution < -0.4 is 14.2 Å². The maximum absolute atomic E-state index is 6.01. The van der Waals surface area contributed by atoms with Crippen molar-refractivity contribution in [2.45, 2.75) is 26.2 Å². The lowest BCUT2D eigenvalue weighted by Gasteiger charge is -2.16. The highest BCUT2D eigenvalue weighted by atomic mass is 79.9. The molecule has 0 atom stereocenters. The van der Waals surface area contributed by atoms with Crippen LogP contribution in [0.1, 0.15) is 26.2 Å². The number of methoxy groups -OCH3 is 1. The highest BCUT2D eigenvalue weighted by Gasteiger charge is 2.14. The van der Waals surface area contributed by atoms with Gasteiger partial charge in [-0.15, -0.1) is 0 Å². The van der Waals surface area contributed by atoms with E-state index >= 15 is 0 Å². The maximum Gasteiger partial charge on any atom is 0.169 e. The average molecular weight is 367 g/mol. The first-order chi connectivity index (χ1) is 10.8. The van der Waals surface area contributed by atoms with Crippen molar-refractivity contribution in [1.82, 2.24) is 0 Å². The van der Waals surface area contributed by atoms with Gasteiger partial charge in [0.05, 0.1) is 20.3 Å². The van der Waals surface area contributed by atoms with Crippen LogP contribution in [0, 0.1) is 0 Å². The van der Waals surface area contributed by atoms with E-state index in [1.165, 1.54) is 12.8 Å². The number of ether oxygens (including phenoxy) is 3. The summed E-state index contributed by atoms with van der Waals surface area (Å²) in [5.41, 5.74) is 0. The first-order valence-electron chi connectivity index (χ1n) is 7.73. The van der Waals surface area contributed by atoms with E-state index in [2.05, 4.69) is 28.9 Å². The Morgan fingerprint density at radius 1 is 0.955 bits per heavy atom. The number of unbranched alkanes of at least 4 members (excludes halogenated alkanes) is 2. The predicted molar refractivity (Wildman–Crippen MR) is 94.8 cm³/mol. The Hall–Kier alpha value is -1.42. The van der Waals surface area contributed by atoms with Crippen LogP contribution in [0.2, 0.25) is 0 Å². The smallest absolute Gasteiger partial charge is 0.169 e. The van der Waals surface area contributed by atoms with Gasteiger partial charge in [-0.25, -0.2) is 0 Å². The largest absolute Gasteiger partial charge is 0.493 e. The molecule has 0 N–H and O–H groups in total. The van der Waals surface area contributed by atoms with Crippen molar-refractivity contribution < 1.29 is 14.2 Å². The van der Waals surface area contributed by atoms with E-state index in [0.717, 1.165) is 39.8 Å². The van der Waals surface area contributed by atoms with Gasteiger partial charge in [-0.1, -0.05) is 60.0 Å². The molecule has 0 amide bonds. The highest BCUT2D eigenvalue weighted by Crippen LogP contribution is 2.41. The molecule has 22 heavy (non-hydrogen) atoms. The van der Waals surface area contributed by atoms with Gasteiger partial charge in [0, 0.05) is 22.2 Å². The zero-order chi connectivity index (χ0) is 15.8. The molecule has 120 valence electrons. The van der Waals surface area contributed by atoms with E-state index in [4.69, 9.17) is 14.2 Å². The molecule has 2 aromatic carbocycles. The molecule has 0 aliphatic carbocycles. The van der Waals surface area contributed by atoms with Crippen LogP contribution in [0.15, 0.2) is 30.3 Å². The second-order valence-electron chi connectivity index (χ2n) is 5.04. The third-order valence-corrected chi connectivity index (χ3v) is 3.80. The molecule has 4 heteroatoms. The summed E-state index contributed by atoms with van der Waals surface area (Å²) in [5.74, 6) is 2.35. The van der Waals surface area contributed by atoms with Crippen LogP contribution in [0.25, 0.3) is 10.8 Å². The second-order valence-corrected chi connectivity index (χ2v) is 5.84. The lowest BCUT2D eigenvalue weighted by molar-refractivity contribution is 0.287. The van der Waals surface area contributed by atoms with Gasteiger partial charge < -0.3 is 14.2 Å². The lowest BCUT2D eigenvalue weighted by Crippen LogP contribution is -2.03. The molecule has 0 heterocycles. The zero-order valence-corrected chi connectivity index (χ0v) is 14.8. The molecule has 2 aromatic rings. The molecule has 0 bridgehead atoms. The molecule has 0 aliphatic heterocycles. The third-order valence-electron chi connectivity index (χ3n) is 3.47. The Balaban J connectivity index is 2.36. The summed E-state index contributed by atoms with van der Waals surface area (Å²) in [4.78, 5) is 0. The third kappa shape index (κ3) is 4.07. The van der Waals surface area contributed by atoms with Crippen LogP contribution in [-0.2, 0) is 0 Å². The number of halogens is 1. The SMILES string of the molecule is CCCCCOc1c(OC)cc(OCCBr)c2ccccc12. The predicted octanol–water partition coefficient (Wildman–Crippen LogP) is 5.19. The van der Waals surface area contributed by atoms with E-state index in [1.807, 2.05) is 24.3 Å². The molecule has 0 spiro atoms. The fraction of sp³-hybridized carbons (Fsp3) is 0.444. The second kappa shape index (κ2) is 8.89. The zero-order valence-electron chi connectivity index (χ0n) is 13.2. The average Bonchev–Trinajstić information content (AvgIpc) is 2.57. The van der Waals surface area contributed by atoms with Crippen LogP contribution >= 0.6 is 15.9 Å². The minimum Gasteiger partial charge on any atom is -0.493 e. The van der Waals surface area contributed by atoms with Crippen molar-refractivity contribution in [3.63, 3.8) is 0 Å².